The molecule has 2 amide bonds. The van der Waals surface area contributed by atoms with E-state index in [0.29, 0.717) is 29.4 Å². The van der Waals surface area contributed by atoms with E-state index in [1.807, 2.05) is 51.1 Å². The van der Waals surface area contributed by atoms with Gasteiger partial charge in [-0.05, 0) is 86.0 Å². The first-order chi connectivity index (χ1) is 22.5. The van der Waals surface area contributed by atoms with Crippen molar-refractivity contribution in [3.8, 4) is 5.75 Å². The minimum absolute atomic E-state index is 0.0579. The van der Waals surface area contributed by atoms with E-state index in [4.69, 9.17) is 16.3 Å². The Hall–Kier alpha value is -4.41. The number of anilines is 1. The molecule has 0 radical (unpaired) electrons. The maximum absolute atomic E-state index is 14.5. The summed E-state index contributed by atoms with van der Waals surface area (Å²) in [5.74, 6) is -1.09. The molecule has 0 aliphatic rings. The number of amides is 2. The fourth-order valence-corrected chi connectivity index (χ4v) is 6.55. The molecule has 0 heterocycles. The zero-order valence-electron chi connectivity index (χ0n) is 26.6. The number of sulfonamides is 1. The van der Waals surface area contributed by atoms with Gasteiger partial charge in [0.25, 0.3) is 10.0 Å². The van der Waals surface area contributed by atoms with Crippen LogP contribution in [0.25, 0.3) is 0 Å². The minimum Gasteiger partial charge on any atom is -0.494 e. The normalized spacial score (nSPS) is 12.5. The number of hydrogen-bond donors (Lipinski definition) is 1. The fourth-order valence-electron chi connectivity index (χ4n) is 4.94. The van der Waals surface area contributed by atoms with E-state index in [0.717, 1.165) is 34.1 Å². The van der Waals surface area contributed by atoms with Crippen molar-refractivity contribution in [2.45, 2.75) is 57.1 Å². The molecule has 4 rings (SSSR count). The quantitative estimate of drug-likeness (QED) is 0.152. The highest BCUT2D eigenvalue weighted by atomic mass is 35.5. The van der Waals surface area contributed by atoms with Crippen molar-refractivity contribution < 1.29 is 27.1 Å². The van der Waals surface area contributed by atoms with Gasteiger partial charge in [-0.3, -0.25) is 13.9 Å². The third kappa shape index (κ3) is 9.33. The van der Waals surface area contributed by atoms with Crippen molar-refractivity contribution in [3.63, 3.8) is 0 Å². The lowest BCUT2D eigenvalue weighted by atomic mass is 10.0. The number of carbonyl (C=O) groups excluding carboxylic acids is 2. The molecule has 0 spiro atoms. The van der Waals surface area contributed by atoms with Crippen LogP contribution in [0, 0.1) is 5.82 Å². The molecule has 47 heavy (non-hydrogen) atoms. The van der Waals surface area contributed by atoms with E-state index in [2.05, 4.69) is 5.32 Å². The zero-order valence-corrected chi connectivity index (χ0v) is 28.2. The molecule has 4 aromatic carbocycles. The molecule has 1 N–H and O–H groups in total. The standard InChI is InChI=1S/C36H39ClFN3O5S/c1-4-26(3)39-36(43)34(23-27-11-7-6-8-12-27)40(24-28-13-9-10-14-33(28)37)35(42)25-41(30-17-19-31(20-18-30)46-5-2)47(44,45)32-21-15-29(38)16-22-32/h6-22,26,34H,4-5,23-25H2,1-3H3,(H,39,43)/t26-,34-/m1/s1. The van der Waals surface area contributed by atoms with Crippen LogP contribution in [-0.2, 0) is 32.6 Å². The molecule has 0 fully saturated rings. The SMILES string of the molecule is CCOc1ccc(N(CC(=O)N(Cc2ccccc2Cl)[C@H](Cc2ccccc2)C(=O)N[C@H](C)CC)S(=O)(=O)c2ccc(F)cc2)cc1. The van der Waals surface area contributed by atoms with Crippen LogP contribution in [0.2, 0.25) is 5.02 Å². The van der Waals surface area contributed by atoms with Gasteiger partial charge < -0.3 is 15.0 Å². The van der Waals surface area contributed by atoms with Gasteiger partial charge in [0.2, 0.25) is 11.8 Å². The van der Waals surface area contributed by atoms with Crippen LogP contribution >= 0.6 is 11.6 Å². The first kappa shape index (κ1) is 35.4. The van der Waals surface area contributed by atoms with E-state index in [9.17, 15) is 22.4 Å². The summed E-state index contributed by atoms with van der Waals surface area (Å²) < 4.78 is 48.5. The maximum atomic E-state index is 14.5. The van der Waals surface area contributed by atoms with Crippen molar-refractivity contribution in [3.05, 3.63) is 125 Å². The molecule has 248 valence electrons. The lowest BCUT2D eigenvalue weighted by Gasteiger charge is -2.34. The molecule has 0 saturated heterocycles. The lowest BCUT2D eigenvalue weighted by Crippen LogP contribution is -2.54. The molecule has 8 nitrogen and oxygen atoms in total. The summed E-state index contributed by atoms with van der Waals surface area (Å²) in [7, 11) is -4.38. The number of rotatable bonds is 15. The highest BCUT2D eigenvalue weighted by Gasteiger charge is 2.35. The van der Waals surface area contributed by atoms with E-state index in [-0.39, 0.29) is 35.5 Å². The number of benzene rings is 4. The molecular weight excluding hydrogens is 641 g/mol. The predicted molar refractivity (Wildman–Crippen MR) is 182 cm³/mol. The van der Waals surface area contributed by atoms with Gasteiger partial charge in [0.15, 0.2) is 0 Å². The molecule has 0 unspecified atom stereocenters. The number of carbonyl (C=O) groups is 2. The third-order valence-electron chi connectivity index (χ3n) is 7.69. The van der Waals surface area contributed by atoms with Crippen molar-refractivity contribution >= 4 is 39.1 Å². The second-order valence-corrected chi connectivity index (χ2v) is 13.3. The van der Waals surface area contributed by atoms with Crippen LogP contribution in [0.1, 0.15) is 38.3 Å². The summed E-state index contributed by atoms with van der Waals surface area (Å²) in [4.78, 5) is 29.7. The smallest absolute Gasteiger partial charge is 0.264 e. The number of nitrogens with one attached hydrogen (secondary N) is 1. The van der Waals surface area contributed by atoms with Crippen LogP contribution in [0.3, 0.4) is 0 Å². The van der Waals surface area contributed by atoms with E-state index < -0.39 is 34.3 Å². The highest BCUT2D eigenvalue weighted by molar-refractivity contribution is 7.92. The third-order valence-corrected chi connectivity index (χ3v) is 9.84. The molecule has 4 aromatic rings. The summed E-state index contributed by atoms with van der Waals surface area (Å²) in [5.41, 5.74) is 1.59. The van der Waals surface area contributed by atoms with Crippen LogP contribution in [-0.4, -0.2) is 50.4 Å². The Balaban J connectivity index is 1.81. The van der Waals surface area contributed by atoms with Gasteiger partial charge in [-0.25, -0.2) is 12.8 Å². The number of hydrogen-bond acceptors (Lipinski definition) is 5. The fraction of sp³-hybridized carbons (Fsp3) is 0.278. The lowest BCUT2D eigenvalue weighted by molar-refractivity contribution is -0.140. The molecule has 11 heteroatoms. The minimum atomic E-state index is -4.38. The van der Waals surface area contributed by atoms with Gasteiger partial charge in [-0.1, -0.05) is 67.1 Å². The Labute approximate surface area is 281 Å². The number of nitrogens with zero attached hydrogens (tertiary/aromatic N) is 2. The maximum Gasteiger partial charge on any atom is 0.264 e. The van der Waals surface area contributed by atoms with Crippen molar-refractivity contribution in [2.24, 2.45) is 0 Å². The molecule has 2 atom stereocenters. The first-order valence-corrected chi connectivity index (χ1v) is 17.2. The Morgan fingerprint density at radius 1 is 0.894 bits per heavy atom. The molecule has 0 aliphatic carbocycles. The summed E-state index contributed by atoms with van der Waals surface area (Å²) in [6.45, 7) is 5.35. The Bertz CT molecular complexity index is 1740. The first-order valence-electron chi connectivity index (χ1n) is 15.4. The number of ether oxygens (including phenoxy) is 1. The highest BCUT2D eigenvalue weighted by Crippen LogP contribution is 2.28. The van der Waals surface area contributed by atoms with Gasteiger partial charge in [0.1, 0.15) is 24.2 Å². The zero-order chi connectivity index (χ0) is 34.0. The monoisotopic (exact) mass is 679 g/mol. The van der Waals surface area contributed by atoms with Crippen LogP contribution in [0.15, 0.2) is 108 Å². The molecular formula is C36H39ClFN3O5S. The van der Waals surface area contributed by atoms with Crippen LogP contribution in [0.4, 0.5) is 10.1 Å². The summed E-state index contributed by atoms with van der Waals surface area (Å²) in [6.07, 6.45) is 0.844. The van der Waals surface area contributed by atoms with Crippen LogP contribution in [0.5, 0.6) is 5.75 Å². The molecule has 0 aliphatic heterocycles. The number of halogens is 2. The van der Waals surface area contributed by atoms with Crippen molar-refractivity contribution in [2.75, 3.05) is 17.5 Å². The second-order valence-electron chi connectivity index (χ2n) is 11.0. The Morgan fingerprint density at radius 3 is 2.15 bits per heavy atom. The second kappa shape index (κ2) is 16.4. The van der Waals surface area contributed by atoms with Crippen molar-refractivity contribution in [1.82, 2.24) is 10.2 Å². The summed E-state index contributed by atoms with van der Waals surface area (Å²) in [6, 6.07) is 25.8. The van der Waals surface area contributed by atoms with Gasteiger partial charge >= 0.3 is 0 Å². The van der Waals surface area contributed by atoms with E-state index >= 15 is 0 Å². The van der Waals surface area contributed by atoms with Gasteiger partial charge in [0.05, 0.1) is 17.2 Å². The molecule has 0 aromatic heterocycles. The van der Waals surface area contributed by atoms with Gasteiger partial charge in [0, 0.05) is 24.0 Å². The van der Waals surface area contributed by atoms with E-state index in [1.165, 1.54) is 17.0 Å². The average Bonchev–Trinajstić information content (AvgIpc) is 3.07. The average molecular weight is 680 g/mol. The van der Waals surface area contributed by atoms with Gasteiger partial charge in [-0.15, -0.1) is 0 Å². The van der Waals surface area contributed by atoms with Crippen LogP contribution < -0.4 is 14.4 Å². The molecule has 0 bridgehead atoms. The Kier molecular flexibility index (Phi) is 12.4. The van der Waals surface area contributed by atoms with E-state index in [1.54, 1.807) is 36.4 Å². The van der Waals surface area contributed by atoms with Crippen molar-refractivity contribution in [1.29, 1.82) is 0 Å². The topological polar surface area (TPSA) is 96.0 Å². The Morgan fingerprint density at radius 2 is 1.53 bits per heavy atom. The van der Waals surface area contributed by atoms with Gasteiger partial charge in [-0.2, -0.15) is 0 Å². The molecule has 0 saturated carbocycles. The largest absolute Gasteiger partial charge is 0.494 e. The summed E-state index contributed by atoms with van der Waals surface area (Å²) >= 11 is 6.54. The summed E-state index contributed by atoms with van der Waals surface area (Å²) in [5, 5.41) is 3.40. The predicted octanol–water partition coefficient (Wildman–Crippen LogP) is 6.63.